The quantitative estimate of drug-likeness (QED) is 0.680. The van der Waals surface area contributed by atoms with Gasteiger partial charge >= 0.3 is 0 Å². The Labute approximate surface area is 159 Å². The fraction of sp³-hybridized carbons (Fsp3) is 0.316. The number of alkyl halides is 2. The second-order valence-corrected chi connectivity index (χ2v) is 6.93. The van der Waals surface area contributed by atoms with Crippen LogP contribution in [0.15, 0.2) is 36.7 Å². The molecular weight excluding hydrogens is 366 g/mol. The van der Waals surface area contributed by atoms with Crippen LogP contribution in [0.2, 0.25) is 0 Å². The molecule has 2 aromatic heterocycles. The van der Waals surface area contributed by atoms with Crippen LogP contribution < -0.4 is 0 Å². The van der Waals surface area contributed by atoms with Gasteiger partial charge in [-0.25, -0.2) is 18.3 Å². The number of hydrogen-bond donors (Lipinski definition) is 0. The standard InChI is InChI=1S/C19H16F2N6O/c1-12-6-16(27-18(25-12)23-11-24-27)15-7-19(20,21)10-26(9-15)17(28)14-4-2-13(8-22)3-5-14/h2-6,11,15H,7,9-10H2,1H3. The van der Waals surface area contributed by atoms with E-state index in [2.05, 4.69) is 15.1 Å². The molecule has 1 fully saturated rings. The molecule has 0 N–H and O–H groups in total. The Morgan fingerprint density at radius 1 is 1.32 bits per heavy atom. The Balaban J connectivity index is 1.67. The molecule has 0 saturated carbocycles. The number of benzene rings is 1. The summed E-state index contributed by atoms with van der Waals surface area (Å²) in [5.41, 5.74) is 1.87. The maximum atomic E-state index is 14.5. The van der Waals surface area contributed by atoms with Crippen LogP contribution in [0, 0.1) is 18.3 Å². The number of nitrogens with zero attached hydrogens (tertiary/aromatic N) is 6. The summed E-state index contributed by atoms with van der Waals surface area (Å²) < 4.78 is 30.5. The van der Waals surface area contributed by atoms with E-state index < -0.39 is 24.3 Å². The predicted molar refractivity (Wildman–Crippen MR) is 94.9 cm³/mol. The smallest absolute Gasteiger partial charge is 0.266 e. The van der Waals surface area contributed by atoms with Gasteiger partial charge in [0.1, 0.15) is 6.33 Å². The van der Waals surface area contributed by atoms with Gasteiger partial charge in [-0.05, 0) is 37.3 Å². The number of amides is 1. The lowest BCUT2D eigenvalue weighted by molar-refractivity contribution is -0.0641. The second kappa shape index (κ2) is 6.64. The highest BCUT2D eigenvalue weighted by Gasteiger charge is 2.43. The van der Waals surface area contributed by atoms with Gasteiger partial charge in [-0.3, -0.25) is 4.79 Å². The van der Waals surface area contributed by atoms with Crippen molar-refractivity contribution in [3.05, 3.63) is 59.2 Å². The number of aryl methyl sites for hydroxylation is 1. The summed E-state index contributed by atoms with van der Waals surface area (Å²) in [6.07, 6.45) is 0.939. The molecule has 1 unspecified atom stereocenters. The number of likely N-dealkylation sites (tertiary alicyclic amines) is 1. The van der Waals surface area contributed by atoms with Crippen LogP contribution in [0.3, 0.4) is 0 Å². The van der Waals surface area contributed by atoms with Crippen molar-refractivity contribution in [3.8, 4) is 6.07 Å². The molecular formula is C19H16F2N6O. The number of nitriles is 1. The van der Waals surface area contributed by atoms with Crippen LogP contribution >= 0.6 is 0 Å². The summed E-state index contributed by atoms with van der Waals surface area (Å²) in [5, 5.41) is 13.0. The van der Waals surface area contributed by atoms with Crippen molar-refractivity contribution >= 4 is 11.7 Å². The van der Waals surface area contributed by atoms with Crippen LogP contribution in [0.25, 0.3) is 5.78 Å². The Kier molecular flexibility index (Phi) is 4.26. The van der Waals surface area contributed by atoms with E-state index in [1.54, 1.807) is 13.0 Å². The lowest BCUT2D eigenvalue weighted by Crippen LogP contribution is -2.49. The molecule has 1 aliphatic rings. The first-order chi connectivity index (χ1) is 13.4. The fourth-order valence-electron chi connectivity index (χ4n) is 3.57. The molecule has 0 aliphatic carbocycles. The average Bonchev–Trinajstić information content (AvgIpc) is 3.13. The first kappa shape index (κ1) is 18.0. The van der Waals surface area contributed by atoms with Crippen LogP contribution in [-0.2, 0) is 0 Å². The molecule has 1 saturated heterocycles. The summed E-state index contributed by atoms with van der Waals surface area (Å²) in [6, 6.07) is 9.63. The second-order valence-electron chi connectivity index (χ2n) is 6.93. The normalized spacial score (nSPS) is 18.8. The monoisotopic (exact) mass is 382 g/mol. The Hall–Kier alpha value is -3.41. The summed E-state index contributed by atoms with van der Waals surface area (Å²) in [7, 11) is 0. The van der Waals surface area contributed by atoms with E-state index in [0.717, 1.165) is 4.90 Å². The van der Waals surface area contributed by atoms with Crippen molar-refractivity contribution in [1.29, 1.82) is 5.26 Å². The molecule has 1 atom stereocenters. The molecule has 28 heavy (non-hydrogen) atoms. The first-order valence-corrected chi connectivity index (χ1v) is 8.71. The highest BCUT2D eigenvalue weighted by molar-refractivity contribution is 5.94. The molecule has 0 radical (unpaired) electrons. The molecule has 3 heterocycles. The number of piperidine rings is 1. The third kappa shape index (κ3) is 3.29. The van der Waals surface area contributed by atoms with E-state index in [0.29, 0.717) is 22.7 Å². The number of hydrogen-bond acceptors (Lipinski definition) is 5. The van der Waals surface area contributed by atoms with Crippen molar-refractivity contribution in [3.63, 3.8) is 0 Å². The number of halogens is 2. The summed E-state index contributed by atoms with van der Waals surface area (Å²) >= 11 is 0. The molecule has 0 spiro atoms. The molecule has 142 valence electrons. The molecule has 3 aromatic rings. The summed E-state index contributed by atoms with van der Waals surface area (Å²) in [4.78, 5) is 22.2. The van der Waals surface area contributed by atoms with Gasteiger partial charge in [0.2, 0.25) is 0 Å². The third-order valence-electron chi connectivity index (χ3n) is 4.78. The zero-order chi connectivity index (χ0) is 19.9. The summed E-state index contributed by atoms with van der Waals surface area (Å²) in [6.45, 7) is 1.25. The van der Waals surface area contributed by atoms with Crippen molar-refractivity contribution in [2.75, 3.05) is 13.1 Å². The van der Waals surface area contributed by atoms with Crippen LogP contribution in [-0.4, -0.2) is 49.4 Å². The van der Waals surface area contributed by atoms with E-state index in [1.165, 1.54) is 35.1 Å². The molecule has 0 bridgehead atoms. The van der Waals surface area contributed by atoms with Gasteiger partial charge in [-0.15, -0.1) is 0 Å². The van der Waals surface area contributed by atoms with Gasteiger partial charge in [0.25, 0.3) is 17.6 Å². The van der Waals surface area contributed by atoms with Crippen molar-refractivity contribution < 1.29 is 13.6 Å². The zero-order valence-corrected chi connectivity index (χ0v) is 15.0. The SMILES string of the molecule is Cc1cc(C2CN(C(=O)c3ccc(C#N)cc3)CC(F)(F)C2)n2ncnc2n1. The highest BCUT2D eigenvalue weighted by Crippen LogP contribution is 2.36. The Bertz CT molecular complexity index is 1090. The van der Waals surface area contributed by atoms with Gasteiger partial charge in [0.15, 0.2) is 0 Å². The van der Waals surface area contributed by atoms with Gasteiger partial charge in [-0.1, -0.05) is 0 Å². The van der Waals surface area contributed by atoms with Gasteiger partial charge in [0, 0.05) is 30.1 Å². The first-order valence-electron chi connectivity index (χ1n) is 8.71. The largest absolute Gasteiger partial charge is 0.332 e. The van der Waals surface area contributed by atoms with E-state index in [1.807, 2.05) is 6.07 Å². The van der Waals surface area contributed by atoms with Gasteiger partial charge in [0.05, 0.1) is 23.9 Å². The number of fused-ring (bicyclic) bond motifs is 1. The molecule has 4 rings (SSSR count). The molecule has 1 amide bonds. The van der Waals surface area contributed by atoms with Crippen LogP contribution in [0.5, 0.6) is 0 Å². The van der Waals surface area contributed by atoms with E-state index in [4.69, 9.17) is 5.26 Å². The highest BCUT2D eigenvalue weighted by atomic mass is 19.3. The van der Waals surface area contributed by atoms with Crippen molar-refractivity contribution in [2.24, 2.45) is 0 Å². The van der Waals surface area contributed by atoms with Crippen LogP contribution in [0.4, 0.5) is 8.78 Å². The predicted octanol–water partition coefficient (Wildman–Crippen LogP) is 2.57. The maximum Gasteiger partial charge on any atom is 0.266 e. The zero-order valence-electron chi connectivity index (χ0n) is 15.0. The minimum Gasteiger partial charge on any atom is -0.332 e. The number of carbonyl (C=O) groups excluding carboxylic acids is 1. The van der Waals surface area contributed by atoms with E-state index >= 15 is 0 Å². The van der Waals surface area contributed by atoms with Crippen LogP contribution in [0.1, 0.15) is 39.6 Å². The molecule has 1 aromatic carbocycles. The summed E-state index contributed by atoms with van der Waals surface area (Å²) in [5.74, 6) is -3.80. The average molecular weight is 382 g/mol. The lowest BCUT2D eigenvalue weighted by atomic mass is 9.91. The minimum atomic E-state index is -3.03. The maximum absolute atomic E-state index is 14.5. The number of rotatable bonds is 2. The van der Waals surface area contributed by atoms with E-state index in [-0.39, 0.29) is 18.5 Å². The fourth-order valence-corrected chi connectivity index (χ4v) is 3.57. The number of carbonyl (C=O) groups is 1. The van der Waals surface area contributed by atoms with Gasteiger partial charge < -0.3 is 4.90 Å². The van der Waals surface area contributed by atoms with Crippen molar-refractivity contribution in [2.45, 2.75) is 25.2 Å². The molecule has 1 aliphatic heterocycles. The Morgan fingerprint density at radius 3 is 2.79 bits per heavy atom. The Morgan fingerprint density at radius 2 is 2.07 bits per heavy atom. The van der Waals surface area contributed by atoms with Crippen molar-refractivity contribution in [1.82, 2.24) is 24.5 Å². The van der Waals surface area contributed by atoms with Gasteiger partial charge in [-0.2, -0.15) is 15.3 Å². The molecule has 7 nitrogen and oxygen atoms in total. The topological polar surface area (TPSA) is 87.2 Å². The third-order valence-corrected chi connectivity index (χ3v) is 4.78. The minimum absolute atomic E-state index is 0.132. The van der Waals surface area contributed by atoms with E-state index in [9.17, 15) is 13.6 Å². The lowest BCUT2D eigenvalue weighted by Gasteiger charge is -2.37. The molecule has 9 heteroatoms. The number of aromatic nitrogens is 4.